The van der Waals surface area contributed by atoms with Crippen LogP contribution in [-0.2, 0) is 27.9 Å². The minimum atomic E-state index is -3.66. The molecule has 0 radical (unpaired) electrons. The smallest absolute Gasteiger partial charge is 0.262 e. The van der Waals surface area contributed by atoms with Gasteiger partial charge in [0.05, 0.1) is 4.90 Å². The van der Waals surface area contributed by atoms with E-state index in [0.717, 1.165) is 33.9 Å². The minimum Gasteiger partial charge on any atom is -0.484 e. The molecule has 0 aliphatic rings. The lowest BCUT2D eigenvalue weighted by atomic mass is 10.1. The van der Waals surface area contributed by atoms with Gasteiger partial charge in [0, 0.05) is 47.6 Å². The summed E-state index contributed by atoms with van der Waals surface area (Å²) in [6.07, 6.45) is 0. The number of sulfonamides is 1. The molecule has 1 aromatic heterocycles. The predicted octanol–water partition coefficient (Wildman–Crippen LogP) is 5.65. The second-order valence-corrected chi connectivity index (χ2v) is 11.1. The van der Waals surface area contributed by atoms with Crippen molar-refractivity contribution in [3.05, 3.63) is 103 Å². The van der Waals surface area contributed by atoms with Crippen molar-refractivity contribution in [3.8, 4) is 5.75 Å². The summed E-state index contributed by atoms with van der Waals surface area (Å²) in [7, 11) is -2.11. The molecule has 0 saturated carbocycles. The number of carbonyl (C=O) groups is 1. The number of benzene rings is 4. The maximum atomic E-state index is 12.9. The molecule has 0 saturated heterocycles. The van der Waals surface area contributed by atoms with Crippen LogP contribution in [0, 0.1) is 0 Å². The van der Waals surface area contributed by atoms with Crippen LogP contribution in [0.3, 0.4) is 0 Å². The third kappa shape index (κ3) is 5.14. The van der Waals surface area contributed by atoms with Gasteiger partial charge in [-0.2, -0.15) is 4.31 Å². The molecule has 0 atom stereocenters. The van der Waals surface area contributed by atoms with Crippen LogP contribution in [0.15, 0.2) is 102 Å². The van der Waals surface area contributed by atoms with E-state index in [4.69, 9.17) is 4.74 Å². The fraction of sp³-hybridized carbons (Fsp3) is 0.167. The van der Waals surface area contributed by atoms with Gasteiger partial charge in [0.2, 0.25) is 10.0 Å². The molecule has 5 rings (SSSR count). The second-order valence-electron chi connectivity index (χ2n) is 9.05. The van der Waals surface area contributed by atoms with Crippen LogP contribution in [0.2, 0.25) is 0 Å². The van der Waals surface area contributed by atoms with Crippen LogP contribution >= 0.6 is 0 Å². The average Bonchev–Trinajstić information content (AvgIpc) is 3.25. The van der Waals surface area contributed by atoms with Crippen molar-refractivity contribution in [3.63, 3.8) is 0 Å². The molecule has 0 aliphatic carbocycles. The number of hydrogen-bond donors (Lipinski definition) is 1. The number of anilines is 1. The van der Waals surface area contributed by atoms with E-state index in [1.807, 2.05) is 60.7 Å². The van der Waals surface area contributed by atoms with Crippen molar-refractivity contribution < 1.29 is 17.9 Å². The molecule has 8 heteroatoms. The lowest BCUT2D eigenvalue weighted by molar-refractivity contribution is -0.118. The van der Waals surface area contributed by atoms with Crippen molar-refractivity contribution in [1.82, 2.24) is 8.87 Å². The first kappa shape index (κ1) is 25.5. The van der Waals surface area contributed by atoms with Gasteiger partial charge in [-0.05, 0) is 61.0 Å². The maximum absolute atomic E-state index is 12.9. The summed E-state index contributed by atoms with van der Waals surface area (Å²) in [6.45, 7) is 3.04. The van der Waals surface area contributed by atoms with E-state index in [-0.39, 0.29) is 24.0 Å². The molecule has 194 valence electrons. The molecule has 0 spiro atoms. The number of amides is 1. The Morgan fingerprint density at radius 3 is 2.29 bits per heavy atom. The van der Waals surface area contributed by atoms with E-state index < -0.39 is 10.0 Å². The Bertz CT molecular complexity index is 1690. The highest BCUT2D eigenvalue weighted by molar-refractivity contribution is 7.89. The molecular formula is C30H29N3O4S. The van der Waals surface area contributed by atoms with Crippen LogP contribution in [0.5, 0.6) is 5.75 Å². The number of carbonyl (C=O) groups excluding carboxylic acids is 1. The van der Waals surface area contributed by atoms with E-state index in [0.29, 0.717) is 11.4 Å². The molecule has 0 aliphatic heterocycles. The van der Waals surface area contributed by atoms with E-state index in [1.165, 1.54) is 16.4 Å². The molecule has 38 heavy (non-hydrogen) atoms. The predicted molar refractivity (Wildman–Crippen MR) is 151 cm³/mol. The summed E-state index contributed by atoms with van der Waals surface area (Å²) in [5.74, 6) is 0.106. The van der Waals surface area contributed by atoms with Crippen molar-refractivity contribution in [1.29, 1.82) is 0 Å². The van der Waals surface area contributed by atoms with Crippen LogP contribution in [0.4, 0.5) is 5.69 Å². The third-order valence-corrected chi connectivity index (χ3v) is 8.34. The van der Waals surface area contributed by atoms with E-state index in [9.17, 15) is 13.2 Å². The van der Waals surface area contributed by atoms with Crippen LogP contribution in [-0.4, -0.2) is 36.9 Å². The first-order valence-electron chi connectivity index (χ1n) is 12.4. The molecule has 1 N–H and O–H groups in total. The Hall–Kier alpha value is -4.14. The van der Waals surface area contributed by atoms with Crippen molar-refractivity contribution >= 4 is 43.4 Å². The Morgan fingerprint density at radius 1 is 0.868 bits per heavy atom. The lowest BCUT2D eigenvalue weighted by Gasteiger charge is -2.17. The van der Waals surface area contributed by atoms with E-state index in [1.54, 1.807) is 19.2 Å². The number of aromatic nitrogens is 1. The summed E-state index contributed by atoms with van der Waals surface area (Å²) in [6, 6.07) is 29.6. The van der Waals surface area contributed by atoms with Gasteiger partial charge in [0.15, 0.2) is 6.61 Å². The lowest BCUT2D eigenvalue weighted by Crippen LogP contribution is -2.26. The SMILES string of the molecule is CCn1c2ccccc2c2cc(NC(=O)COc3ccc(S(=O)(=O)N(C)Cc4ccccc4)cc3)ccc21. The van der Waals surface area contributed by atoms with Crippen molar-refractivity contribution in [2.24, 2.45) is 0 Å². The average molecular weight is 528 g/mol. The number of hydrogen-bond acceptors (Lipinski definition) is 4. The summed E-state index contributed by atoms with van der Waals surface area (Å²) >= 11 is 0. The zero-order valence-corrected chi connectivity index (χ0v) is 22.1. The summed E-state index contributed by atoms with van der Waals surface area (Å²) in [4.78, 5) is 12.8. The van der Waals surface area contributed by atoms with Gasteiger partial charge >= 0.3 is 0 Å². The fourth-order valence-corrected chi connectivity index (χ4v) is 5.79. The van der Waals surface area contributed by atoms with E-state index in [2.05, 4.69) is 28.9 Å². The monoisotopic (exact) mass is 527 g/mol. The van der Waals surface area contributed by atoms with E-state index >= 15 is 0 Å². The number of nitrogens with one attached hydrogen (secondary N) is 1. The van der Waals surface area contributed by atoms with Gasteiger partial charge in [-0.15, -0.1) is 0 Å². The quantitative estimate of drug-likeness (QED) is 0.269. The molecule has 1 amide bonds. The molecular weight excluding hydrogens is 498 g/mol. The molecule has 0 fully saturated rings. The van der Waals surface area contributed by atoms with Gasteiger partial charge in [-0.1, -0.05) is 48.5 Å². The Labute approximate surface area is 222 Å². The van der Waals surface area contributed by atoms with Gasteiger partial charge in [-0.3, -0.25) is 4.79 Å². The van der Waals surface area contributed by atoms with Gasteiger partial charge < -0.3 is 14.6 Å². The number of aryl methyl sites for hydroxylation is 1. The van der Waals surface area contributed by atoms with Crippen molar-refractivity contribution in [2.45, 2.75) is 24.9 Å². The molecule has 0 bridgehead atoms. The molecule has 5 aromatic rings. The van der Waals surface area contributed by atoms with Crippen LogP contribution < -0.4 is 10.1 Å². The Balaban J connectivity index is 1.22. The van der Waals surface area contributed by atoms with Crippen LogP contribution in [0.25, 0.3) is 21.8 Å². The largest absolute Gasteiger partial charge is 0.484 e. The zero-order chi connectivity index (χ0) is 26.7. The molecule has 7 nitrogen and oxygen atoms in total. The fourth-order valence-electron chi connectivity index (χ4n) is 4.63. The zero-order valence-electron chi connectivity index (χ0n) is 21.3. The van der Waals surface area contributed by atoms with Crippen molar-refractivity contribution in [2.75, 3.05) is 19.0 Å². The topological polar surface area (TPSA) is 80.6 Å². The van der Waals surface area contributed by atoms with Crippen LogP contribution in [0.1, 0.15) is 12.5 Å². The van der Waals surface area contributed by atoms with Gasteiger partial charge in [-0.25, -0.2) is 8.42 Å². The minimum absolute atomic E-state index is 0.160. The Kier molecular flexibility index (Phi) is 7.18. The number of rotatable bonds is 9. The maximum Gasteiger partial charge on any atom is 0.262 e. The number of ether oxygens (including phenoxy) is 1. The summed E-state index contributed by atoms with van der Waals surface area (Å²) < 4.78 is 35.0. The highest BCUT2D eigenvalue weighted by Crippen LogP contribution is 2.31. The molecule has 4 aromatic carbocycles. The third-order valence-electron chi connectivity index (χ3n) is 6.52. The number of nitrogens with zero attached hydrogens (tertiary/aromatic N) is 2. The second kappa shape index (κ2) is 10.7. The number of para-hydroxylation sites is 1. The summed E-state index contributed by atoms with van der Waals surface area (Å²) in [5, 5.41) is 5.11. The standard InChI is InChI=1S/C30H29N3O4S/c1-3-33-28-12-8-7-11-26(28)27-19-23(13-18-29(27)33)31-30(34)21-37-24-14-16-25(17-15-24)38(35,36)32(2)20-22-9-5-4-6-10-22/h4-19H,3,20-21H2,1-2H3,(H,31,34). The van der Waals surface area contributed by atoms with Gasteiger partial charge in [0.25, 0.3) is 5.91 Å². The molecule has 1 heterocycles. The highest BCUT2D eigenvalue weighted by atomic mass is 32.2. The summed E-state index contributed by atoms with van der Waals surface area (Å²) in [5.41, 5.74) is 3.87. The first-order chi connectivity index (χ1) is 18.4. The number of fused-ring (bicyclic) bond motifs is 3. The first-order valence-corrected chi connectivity index (χ1v) is 13.8. The normalized spacial score (nSPS) is 11.8. The molecule has 0 unspecified atom stereocenters. The highest BCUT2D eigenvalue weighted by Gasteiger charge is 2.21. The Morgan fingerprint density at radius 2 is 1.55 bits per heavy atom. The van der Waals surface area contributed by atoms with Gasteiger partial charge in [0.1, 0.15) is 5.75 Å².